The number of carbonyl (C=O) groups excluding carboxylic acids is 1. The molecule has 4 rings (SSSR count). The zero-order chi connectivity index (χ0) is 50.6. The molecule has 2 N–H and O–H groups in total. The van der Waals surface area contributed by atoms with Crippen molar-refractivity contribution >= 4 is 228 Å². The first-order valence-corrected chi connectivity index (χ1v) is 22.3. The van der Waals surface area contributed by atoms with Crippen molar-refractivity contribution in [3.05, 3.63) is 81.0 Å². The molecule has 0 aliphatic carbocycles. The van der Waals surface area contributed by atoms with E-state index in [-0.39, 0.29) is 24.4 Å². The molecule has 0 amide bonds. The fourth-order valence-corrected chi connectivity index (χ4v) is 7.27. The van der Waals surface area contributed by atoms with E-state index in [1.807, 2.05) is 39.8 Å². The molecule has 27 radical (unpaired) electrons. The average molecular weight is 966 g/mol. The van der Waals surface area contributed by atoms with Crippen LogP contribution < -0.4 is 5.46 Å². The number of Topliss-reactive ketones (excluding diaryl/α,β-unsaturated/α-hetero) is 1. The Kier molecular flexibility index (Phi) is 28.4. The second-order valence-electron chi connectivity index (χ2n) is 18.0. The molecule has 0 aromatic carbocycles. The summed E-state index contributed by atoms with van der Waals surface area (Å²) in [5.41, 5.74) is 0.192. The minimum absolute atomic E-state index is 0. The smallest absolute Gasteiger partial charge is 0.399 e. The Morgan fingerprint density at radius 1 is 0.606 bits per heavy atom. The second-order valence-corrected chi connectivity index (χ2v) is 19.8. The monoisotopic (exact) mass is 968 g/mol. The maximum Gasteiger partial charge on any atom is 0.496 e. The van der Waals surface area contributed by atoms with E-state index in [9.17, 15) is 15.0 Å². The van der Waals surface area contributed by atoms with Crippen molar-refractivity contribution in [2.75, 3.05) is 0 Å². The van der Waals surface area contributed by atoms with Crippen LogP contribution in [0.25, 0.3) is 0 Å². The van der Waals surface area contributed by atoms with Crippen LogP contribution >= 0.6 is 31.9 Å². The van der Waals surface area contributed by atoms with Crippen LogP contribution in [-0.2, 0) is 20.5 Å². The number of hydrogen-bond acceptors (Lipinski definition) is 8. The SMILES string of the molecule is C.CC(=O)c1ccc(Br)cn1.CC(C)(O)c1ccc(B2OC(C)(C)C(C)(C)O2)cn1.CC(C)(O)c1ccc(Br)cn1.[B][B]B(B([B])[B])B(B([B])[B])B(B(B([B])[B])B([B])[B])B(B([B])[B])B([B])[B]. The summed E-state index contributed by atoms with van der Waals surface area (Å²) < 4.78 is 13.7. The van der Waals surface area contributed by atoms with Crippen molar-refractivity contribution in [1.29, 1.82) is 0 Å². The minimum atomic E-state index is -0.960. The van der Waals surface area contributed by atoms with Crippen LogP contribution in [0.2, 0.25) is 0 Å². The second kappa shape index (κ2) is 28.6. The Balaban J connectivity index is 0.000000903. The number of aromatic nitrogens is 3. The third-order valence-corrected chi connectivity index (χ3v) is 12.0. The lowest BCUT2D eigenvalue weighted by Gasteiger charge is -2.47. The molecular weight excluding hydrogens is 923 g/mol. The molecule has 0 saturated carbocycles. The van der Waals surface area contributed by atoms with Crippen molar-refractivity contribution in [3.63, 3.8) is 0 Å². The van der Waals surface area contributed by atoms with Crippen molar-refractivity contribution in [1.82, 2.24) is 15.0 Å². The van der Waals surface area contributed by atoms with Gasteiger partial charge in [-0.1, -0.05) is 13.5 Å². The Morgan fingerprint density at radius 2 is 0.970 bits per heavy atom. The zero-order valence-corrected chi connectivity index (χ0v) is 42.1. The van der Waals surface area contributed by atoms with Gasteiger partial charge in [0.15, 0.2) is 5.78 Å². The van der Waals surface area contributed by atoms with Gasteiger partial charge in [-0.15, -0.1) is 0 Å². The molecule has 1 saturated heterocycles. The van der Waals surface area contributed by atoms with Crippen molar-refractivity contribution in [3.8, 4) is 0 Å². The lowest BCUT2D eigenvalue weighted by atomic mass is 8.35. The molecule has 3 aromatic heterocycles. The quantitative estimate of drug-likeness (QED) is 0.122. The fourth-order valence-electron chi connectivity index (χ4n) is 6.80. The number of carbonyl (C=O) groups is 1. The molecule has 36 heteroatoms. The van der Waals surface area contributed by atoms with Gasteiger partial charge in [-0.2, -0.15) is 0 Å². The Hall–Kier alpha value is -0.392. The van der Waals surface area contributed by atoms with E-state index in [2.05, 4.69) is 46.8 Å². The number of rotatable bonds is 15. The van der Waals surface area contributed by atoms with Gasteiger partial charge >= 0.3 is 7.12 Å². The van der Waals surface area contributed by atoms with E-state index in [1.54, 1.807) is 70.6 Å². The highest BCUT2D eigenvalue weighted by Gasteiger charge is 2.52. The average Bonchev–Trinajstić information content (AvgIpc) is 3.38. The lowest BCUT2D eigenvalue weighted by molar-refractivity contribution is 0.00578. The summed E-state index contributed by atoms with van der Waals surface area (Å²) in [5, 5.41) is 19.4. The summed E-state index contributed by atoms with van der Waals surface area (Å²) in [7, 11) is 77.5. The molecule has 3 aromatic rings. The van der Waals surface area contributed by atoms with E-state index < -0.39 is 88.6 Å². The van der Waals surface area contributed by atoms with Gasteiger partial charge in [0.05, 0.1) is 22.6 Å². The minimum Gasteiger partial charge on any atom is -0.399 e. The van der Waals surface area contributed by atoms with Gasteiger partial charge in [-0.25, -0.2) is 0 Å². The number of aliphatic hydroxyl groups is 2. The summed E-state index contributed by atoms with van der Waals surface area (Å²) in [6.45, 7) is 16.4. The van der Waals surface area contributed by atoms with Crippen LogP contribution in [0, 0.1) is 0 Å². The standard InChI is InChI=1S/C14H22BNO3.C8H10BrNO.C7H6BrNO.CH4.B25/c1-12(2,17)11-8-7-10(9-16-11)15-18-13(3,4)14(5,6)19-15;1-8(2,11)7-4-3-6(9)5-10-7;1-5(10)7-3-2-6(8)4-9-7;;1-14-21(15(2)3)24(20(12)13)25(22(16(4)5)17(6)7)23(18(8)9)19(10)11/h7-9,17H,1-6H3;3-5,11H,1-2H3;2-4H,1H3;1H4;. The molecule has 0 spiro atoms. The normalized spacial score (nSPS) is 13.1. The lowest BCUT2D eigenvalue weighted by Crippen LogP contribution is -2.85. The maximum absolute atomic E-state index is 10.7. The highest BCUT2D eigenvalue weighted by Crippen LogP contribution is 2.36. The fraction of sp³-hybridized carbons (Fsp3) is 0.467. The van der Waals surface area contributed by atoms with Crippen LogP contribution in [0.5, 0.6) is 0 Å². The number of pyridine rings is 3. The summed E-state index contributed by atoms with van der Waals surface area (Å²) >= 11 is 6.49. The van der Waals surface area contributed by atoms with E-state index in [0.717, 1.165) is 14.4 Å². The largest absolute Gasteiger partial charge is 0.496 e. The highest BCUT2D eigenvalue weighted by atomic mass is 79.9. The van der Waals surface area contributed by atoms with Crippen LogP contribution in [0.15, 0.2) is 63.9 Å². The number of hydrogen-bond donors (Lipinski definition) is 2. The third-order valence-electron chi connectivity index (χ3n) is 11.0. The Labute approximate surface area is 437 Å². The van der Waals surface area contributed by atoms with Crippen LogP contribution in [0.3, 0.4) is 0 Å². The predicted octanol–water partition coefficient (Wildman–Crippen LogP) is -3.16. The molecule has 8 nitrogen and oxygen atoms in total. The van der Waals surface area contributed by atoms with Gasteiger partial charge in [0.25, 0.3) is 0 Å². The predicted molar refractivity (Wildman–Crippen MR) is 315 cm³/mol. The molecule has 0 bridgehead atoms. The van der Waals surface area contributed by atoms with Gasteiger partial charge in [-0.3, -0.25) is 19.7 Å². The molecule has 1 aliphatic heterocycles. The molecule has 4 heterocycles. The summed E-state index contributed by atoms with van der Waals surface area (Å²) in [6.07, 6.45) is -4.21. The maximum atomic E-state index is 10.7. The summed E-state index contributed by atoms with van der Waals surface area (Å²) in [6, 6.07) is 10.8. The first-order valence-electron chi connectivity index (χ1n) is 20.7. The summed E-state index contributed by atoms with van der Waals surface area (Å²) in [5.74, 6) is -0.00694. The molecule has 66 heavy (non-hydrogen) atoms. The van der Waals surface area contributed by atoms with Gasteiger partial charge in [-0.05, 0) is 118 Å². The van der Waals surface area contributed by atoms with Crippen LogP contribution in [0.1, 0.15) is 91.6 Å². The molecular formula is C30H42B26Br2N3O5. The van der Waals surface area contributed by atoms with Crippen molar-refractivity contribution < 1.29 is 24.3 Å². The van der Waals surface area contributed by atoms with Gasteiger partial charge < -0.3 is 19.5 Å². The van der Waals surface area contributed by atoms with Gasteiger partial charge in [0.1, 0.15) is 16.9 Å². The van der Waals surface area contributed by atoms with E-state index in [1.165, 1.54) is 14.0 Å². The van der Waals surface area contributed by atoms with Gasteiger partial charge in [0.2, 0.25) is 0 Å². The van der Waals surface area contributed by atoms with Crippen molar-refractivity contribution in [2.24, 2.45) is 0 Å². The summed E-state index contributed by atoms with van der Waals surface area (Å²) in [4.78, 5) is 22.9. The van der Waals surface area contributed by atoms with E-state index >= 15 is 0 Å². The zero-order valence-electron chi connectivity index (χ0n) is 38.9. The van der Waals surface area contributed by atoms with E-state index in [4.69, 9.17) is 110 Å². The number of nitrogens with zero attached hydrogens (tertiary/aromatic N) is 3. The number of ketones is 1. The molecule has 1 aliphatic rings. The molecule has 0 atom stereocenters. The topological polar surface area (TPSA) is 115 Å². The van der Waals surface area contributed by atoms with E-state index in [0.29, 0.717) is 17.1 Å². The van der Waals surface area contributed by atoms with Crippen LogP contribution in [-0.4, -0.2) is 227 Å². The Morgan fingerprint density at radius 3 is 1.23 bits per heavy atom. The molecule has 299 valence electrons. The first kappa shape index (κ1) is 65.6. The number of halogens is 2. The Bertz CT molecular complexity index is 1810. The van der Waals surface area contributed by atoms with Crippen molar-refractivity contribution in [2.45, 2.75) is 92.1 Å². The molecule has 1 fully saturated rings. The first-order chi connectivity index (χ1) is 29.6. The van der Waals surface area contributed by atoms with Crippen LogP contribution in [0.4, 0.5) is 0 Å². The molecule has 0 unspecified atom stereocenters. The third kappa shape index (κ3) is 20.4. The highest BCUT2D eigenvalue weighted by molar-refractivity contribution is 9.10. The van der Waals surface area contributed by atoms with Gasteiger partial charge in [0, 0.05) is 218 Å².